The molecule has 0 aliphatic heterocycles. The van der Waals surface area contributed by atoms with Crippen LogP contribution in [0.2, 0.25) is 0 Å². The first-order valence-corrected chi connectivity index (χ1v) is 6.79. The standard InChI is InChI=1S/C15H20N2.C2H6/c1-4-8-12(2)15(17-3)11-14(16)13-9-6-5-7-10-13;1-2/h4,6,8-11H,1,5,7,16H2,2-3H3;1-2H3/b12-8+,14-11-,17-15?;. The molecule has 2 N–H and O–H groups in total. The average Bonchev–Trinajstić information content (AvgIpc) is 2.47. The van der Waals surface area contributed by atoms with Crippen LogP contribution in [0.1, 0.15) is 33.6 Å². The van der Waals surface area contributed by atoms with Crippen molar-refractivity contribution in [1.82, 2.24) is 0 Å². The molecule has 0 amide bonds. The summed E-state index contributed by atoms with van der Waals surface area (Å²) in [5.74, 6) is 0. The fourth-order valence-corrected chi connectivity index (χ4v) is 1.68. The lowest BCUT2D eigenvalue weighted by Crippen LogP contribution is -2.06. The average molecular weight is 258 g/mol. The Morgan fingerprint density at radius 1 is 1.37 bits per heavy atom. The molecule has 0 radical (unpaired) electrons. The largest absolute Gasteiger partial charge is 0.398 e. The molecule has 104 valence electrons. The maximum atomic E-state index is 6.07. The van der Waals surface area contributed by atoms with Gasteiger partial charge in [-0.25, -0.2) is 0 Å². The molecule has 0 unspecified atom stereocenters. The Bertz CT molecular complexity index is 432. The third kappa shape index (κ3) is 6.05. The maximum absolute atomic E-state index is 6.07. The number of hydrogen-bond acceptors (Lipinski definition) is 2. The smallest absolute Gasteiger partial charge is 0.0620 e. The first-order chi connectivity index (χ1) is 9.19. The fraction of sp³-hybridized carbons (Fsp3) is 0.353. The highest BCUT2D eigenvalue weighted by atomic mass is 14.7. The van der Waals surface area contributed by atoms with Crippen molar-refractivity contribution in [1.29, 1.82) is 0 Å². The summed E-state index contributed by atoms with van der Waals surface area (Å²) in [6, 6.07) is 0. The second-order valence-corrected chi connectivity index (χ2v) is 3.93. The summed E-state index contributed by atoms with van der Waals surface area (Å²) in [7, 11) is 1.77. The highest BCUT2D eigenvalue weighted by Gasteiger charge is 2.03. The second kappa shape index (κ2) is 10.1. The highest BCUT2D eigenvalue weighted by Crippen LogP contribution is 2.15. The molecular formula is C17H26N2. The van der Waals surface area contributed by atoms with Crippen LogP contribution in [0.4, 0.5) is 0 Å². The molecule has 1 aliphatic carbocycles. The van der Waals surface area contributed by atoms with Crippen LogP contribution in [0.25, 0.3) is 0 Å². The van der Waals surface area contributed by atoms with Gasteiger partial charge in [-0.2, -0.15) is 0 Å². The van der Waals surface area contributed by atoms with Crippen LogP contribution in [0, 0.1) is 0 Å². The Kier molecular flexibility index (Phi) is 9.15. The summed E-state index contributed by atoms with van der Waals surface area (Å²) in [6.45, 7) is 9.68. The molecule has 0 saturated heterocycles. The van der Waals surface area contributed by atoms with E-state index < -0.39 is 0 Å². The van der Waals surface area contributed by atoms with Crippen LogP contribution in [0.15, 0.2) is 64.9 Å². The molecule has 0 fully saturated rings. The van der Waals surface area contributed by atoms with Gasteiger partial charge in [-0.05, 0) is 37.0 Å². The van der Waals surface area contributed by atoms with E-state index in [2.05, 4.69) is 29.8 Å². The van der Waals surface area contributed by atoms with Gasteiger partial charge in [0.25, 0.3) is 0 Å². The van der Waals surface area contributed by atoms with Crippen LogP contribution >= 0.6 is 0 Å². The van der Waals surface area contributed by atoms with Gasteiger partial charge < -0.3 is 5.73 Å². The zero-order valence-corrected chi connectivity index (χ0v) is 12.6. The Labute approximate surface area is 117 Å². The van der Waals surface area contributed by atoms with Gasteiger partial charge >= 0.3 is 0 Å². The molecule has 0 aromatic carbocycles. The molecule has 0 saturated carbocycles. The summed E-state index contributed by atoms with van der Waals surface area (Å²) >= 11 is 0. The molecule has 0 spiro atoms. The molecule has 0 heterocycles. The lowest BCUT2D eigenvalue weighted by atomic mass is 10.0. The zero-order valence-electron chi connectivity index (χ0n) is 12.6. The van der Waals surface area contributed by atoms with Crippen molar-refractivity contribution in [2.75, 3.05) is 7.05 Å². The van der Waals surface area contributed by atoms with Crippen molar-refractivity contribution in [3.63, 3.8) is 0 Å². The number of nitrogens with zero attached hydrogens (tertiary/aromatic N) is 1. The van der Waals surface area contributed by atoms with E-state index in [-0.39, 0.29) is 0 Å². The highest BCUT2D eigenvalue weighted by molar-refractivity contribution is 6.08. The summed E-state index contributed by atoms with van der Waals surface area (Å²) in [5, 5.41) is 0. The number of aliphatic imine (C=N–C) groups is 1. The van der Waals surface area contributed by atoms with Crippen LogP contribution in [-0.2, 0) is 0 Å². The third-order valence-corrected chi connectivity index (χ3v) is 2.63. The van der Waals surface area contributed by atoms with Crippen LogP contribution in [0.5, 0.6) is 0 Å². The van der Waals surface area contributed by atoms with E-state index in [1.807, 2.05) is 32.9 Å². The van der Waals surface area contributed by atoms with E-state index in [1.165, 1.54) is 0 Å². The van der Waals surface area contributed by atoms with Crippen LogP contribution in [-0.4, -0.2) is 12.8 Å². The summed E-state index contributed by atoms with van der Waals surface area (Å²) < 4.78 is 0. The molecule has 2 heteroatoms. The van der Waals surface area contributed by atoms with Gasteiger partial charge in [-0.3, -0.25) is 4.99 Å². The molecule has 1 rings (SSSR count). The van der Waals surface area contributed by atoms with Crippen molar-refractivity contribution in [2.24, 2.45) is 10.7 Å². The predicted molar refractivity (Wildman–Crippen MR) is 87.4 cm³/mol. The minimum Gasteiger partial charge on any atom is -0.398 e. The van der Waals surface area contributed by atoms with E-state index in [4.69, 9.17) is 5.73 Å². The second-order valence-electron chi connectivity index (χ2n) is 3.93. The monoisotopic (exact) mass is 258 g/mol. The number of allylic oxidation sites excluding steroid dienone is 7. The Morgan fingerprint density at radius 3 is 2.53 bits per heavy atom. The van der Waals surface area contributed by atoms with Gasteiger partial charge in [-0.1, -0.05) is 50.8 Å². The van der Waals surface area contributed by atoms with Gasteiger partial charge in [0.1, 0.15) is 0 Å². The van der Waals surface area contributed by atoms with Gasteiger partial charge in [-0.15, -0.1) is 0 Å². The van der Waals surface area contributed by atoms with E-state index in [0.717, 1.165) is 35.4 Å². The third-order valence-electron chi connectivity index (χ3n) is 2.63. The van der Waals surface area contributed by atoms with Crippen molar-refractivity contribution < 1.29 is 0 Å². The molecule has 2 nitrogen and oxygen atoms in total. The van der Waals surface area contributed by atoms with Gasteiger partial charge in [0.05, 0.1) is 5.71 Å². The lowest BCUT2D eigenvalue weighted by molar-refractivity contribution is 1.02. The molecule has 19 heavy (non-hydrogen) atoms. The Morgan fingerprint density at radius 2 is 2.05 bits per heavy atom. The summed E-state index contributed by atoms with van der Waals surface area (Å²) in [5.41, 5.74) is 9.87. The number of rotatable bonds is 4. The van der Waals surface area contributed by atoms with Crippen LogP contribution in [0.3, 0.4) is 0 Å². The number of nitrogens with two attached hydrogens (primary N) is 1. The molecule has 0 aromatic heterocycles. The molecule has 0 bridgehead atoms. The van der Waals surface area contributed by atoms with E-state index >= 15 is 0 Å². The Balaban J connectivity index is 0.00000154. The van der Waals surface area contributed by atoms with Gasteiger partial charge in [0, 0.05) is 12.7 Å². The molecule has 1 aliphatic rings. The first-order valence-electron chi connectivity index (χ1n) is 6.79. The molecule has 0 atom stereocenters. The SMILES string of the molecule is C=C/C=C(\C)C(/C=C(\N)C1=CCCC=C1)=NC.CC. The summed E-state index contributed by atoms with van der Waals surface area (Å²) in [4.78, 5) is 4.23. The van der Waals surface area contributed by atoms with Crippen molar-refractivity contribution in [3.8, 4) is 0 Å². The number of hydrogen-bond donors (Lipinski definition) is 1. The van der Waals surface area contributed by atoms with Crippen molar-refractivity contribution >= 4 is 5.71 Å². The lowest BCUT2D eigenvalue weighted by Gasteiger charge is -2.08. The minimum atomic E-state index is 0.762. The quantitative estimate of drug-likeness (QED) is 0.591. The van der Waals surface area contributed by atoms with E-state index in [9.17, 15) is 0 Å². The predicted octanol–water partition coefficient (Wildman–Crippen LogP) is 4.33. The van der Waals surface area contributed by atoms with Crippen molar-refractivity contribution in [2.45, 2.75) is 33.6 Å². The Hall–Kier alpha value is -1.83. The first kappa shape index (κ1) is 17.2. The zero-order chi connectivity index (χ0) is 14.7. The normalized spacial score (nSPS) is 16.4. The minimum absolute atomic E-state index is 0.762. The van der Waals surface area contributed by atoms with Crippen LogP contribution < -0.4 is 5.73 Å². The molecular weight excluding hydrogens is 232 g/mol. The topological polar surface area (TPSA) is 38.4 Å². The maximum Gasteiger partial charge on any atom is 0.0620 e. The van der Waals surface area contributed by atoms with E-state index in [1.54, 1.807) is 13.1 Å². The molecule has 0 aromatic rings. The van der Waals surface area contributed by atoms with E-state index in [0.29, 0.717) is 0 Å². The van der Waals surface area contributed by atoms with Gasteiger partial charge in [0.15, 0.2) is 0 Å². The van der Waals surface area contributed by atoms with Crippen molar-refractivity contribution in [3.05, 3.63) is 59.9 Å². The summed E-state index contributed by atoms with van der Waals surface area (Å²) in [6.07, 6.45) is 14.1. The van der Waals surface area contributed by atoms with Gasteiger partial charge in [0.2, 0.25) is 0 Å². The fourth-order valence-electron chi connectivity index (χ4n) is 1.68.